The minimum Gasteiger partial charge on any atom is -0.507 e. The molecule has 5 nitrogen and oxygen atoms in total. The van der Waals surface area contributed by atoms with Gasteiger partial charge in [-0.3, -0.25) is 9.59 Å². The fourth-order valence-corrected chi connectivity index (χ4v) is 2.85. The van der Waals surface area contributed by atoms with E-state index in [0.29, 0.717) is 37.4 Å². The number of carbonyl (C=O) groups is 2. The van der Waals surface area contributed by atoms with E-state index < -0.39 is 0 Å². The highest BCUT2D eigenvalue weighted by atomic mass is 16.3. The quantitative estimate of drug-likeness (QED) is 0.891. The molecule has 0 aromatic heterocycles. The van der Waals surface area contributed by atoms with Crippen molar-refractivity contribution in [2.75, 3.05) is 13.1 Å². The maximum Gasteiger partial charge on any atom is 0.257 e. The van der Waals surface area contributed by atoms with Crippen LogP contribution in [-0.2, 0) is 4.79 Å². The Bertz CT molecular complexity index is 605. The third kappa shape index (κ3) is 4.28. The molecule has 0 spiro atoms. The maximum atomic E-state index is 12.6. The molecule has 1 aromatic rings. The number of hydrogen-bond acceptors (Lipinski definition) is 3. The van der Waals surface area contributed by atoms with Crippen molar-refractivity contribution in [1.29, 1.82) is 0 Å². The van der Waals surface area contributed by atoms with E-state index in [2.05, 4.69) is 19.2 Å². The molecule has 1 heterocycles. The first kappa shape index (κ1) is 18.3. The van der Waals surface area contributed by atoms with Gasteiger partial charge in [0.25, 0.3) is 5.91 Å². The molecule has 1 atom stereocenters. The number of benzene rings is 1. The van der Waals surface area contributed by atoms with Crippen LogP contribution in [0.4, 0.5) is 0 Å². The molecule has 1 aromatic carbocycles. The SMILES string of the molecule is Cc1ccc(O)c(C(=O)N2CCC(C(=O)N[C@@H](C)C(C)C)CC2)c1. The molecule has 2 rings (SSSR count). The Labute approximate surface area is 144 Å². The number of phenols is 1. The zero-order valence-corrected chi connectivity index (χ0v) is 15.0. The highest BCUT2D eigenvalue weighted by Crippen LogP contribution is 2.24. The molecule has 1 fully saturated rings. The van der Waals surface area contributed by atoms with E-state index in [9.17, 15) is 14.7 Å². The van der Waals surface area contributed by atoms with Gasteiger partial charge < -0.3 is 15.3 Å². The van der Waals surface area contributed by atoms with Crippen molar-refractivity contribution >= 4 is 11.8 Å². The summed E-state index contributed by atoms with van der Waals surface area (Å²) in [6.45, 7) is 9.16. The molecule has 24 heavy (non-hydrogen) atoms. The van der Waals surface area contributed by atoms with Crippen LogP contribution in [0.5, 0.6) is 5.75 Å². The lowest BCUT2D eigenvalue weighted by Gasteiger charge is -2.32. The number of nitrogens with one attached hydrogen (secondary N) is 1. The van der Waals surface area contributed by atoms with Crippen molar-refractivity contribution in [3.05, 3.63) is 29.3 Å². The monoisotopic (exact) mass is 332 g/mol. The number of carbonyl (C=O) groups excluding carboxylic acids is 2. The van der Waals surface area contributed by atoms with Crippen molar-refractivity contribution in [3.63, 3.8) is 0 Å². The van der Waals surface area contributed by atoms with Crippen LogP contribution < -0.4 is 5.32 Å². The average molecular weight is 332 g/mol. The van der Waals surface area contributed by atoms with Gasteiger partial charge in [-0.2, -0.15) is 0 Å². The summed E-state index contributed by atoms with van der Waals surface area (Å²) in [5.41, 5.74) is 1.28. The first-order valence-electron chi connectivity index (χ1n) is 8.69. The van der Waals surface area contributed by atoms with E-state index in [1.54, 1.807) is 23.1 Å². The van der Waals surface area contributed by atoms with E-state index in [-0.39, 0.29) is 29.5 Å². The fourth-order valence-electron chi connectivity index (χ4n) is 2.85. The number of aryl methyl sites for hydroxylation is 1. The number of likely N-dealkylation sites (tertiary alicyclic amines) is 1. The summed E-state index contributed by atoms with van der Waals surface area (Å²) in [5, 5.41) is 13.0. The predicted octanol–water partition coefficient (Wildman–Crippen LogP) is 2.71. The Balaban J connectivity index is 1.94. The second kappa shape index (κ2) is 7.69. The van der Waals surface area contributed by atoms with E-state index in [1.165, 1.54) is 0 Å². The van der Waals surface area contributed by atoms with Crippen molar-refractivity contribution < 1.29 is 14.7 Å². The van der Waals surface area contributed by atoms with Gasteiger partial charge >= 0.3 is 0 Å². The van der Waals surface area contributed by atoms with E-state index in [4.69, 9.17) is 0 Å². The van der Waals surface area contributed by atoms with Gasteiger partial charge in [0.15, 0.2) is 0 Å². The lowest BCUT2D eigenvalue weighted by Crippen LogP contribution is -2.45. The number of amides is 2. The molecule has 0 bridgehead atoms. The Morgan fingerprint density at radius 2 is 1.83 bits per heavy atom. The highest BCUT2D eigenvalue weighted by Gasteiger charge is 2.29. The molecule has 0 aliphatic carbocycles. The summed E-state index contributed by atoms with van der Waals surface area (Å²) in [4.78, 5) is 26.6. The lowest BCUT2D eigenvalue weighted by atomic mass is 9.94. The van der Waals surface area contributed by atoms with Crippen LogP contribution in [0.3, 0.4) is 0 Å². The van der Waals surface area contributed by atoms with E-state index in [1.807, 2.05) is 13.8 Å². The van der Waals surface area contributed by atoms with E-state index in [0.717, 1.165) is 5.56 Å². The Kier molecular flexibility index (Phi) is 5.86. The summed E-state index contributed by atoms with van der Waals surface area (Å²) >= 11 is 0. The van der Waals surface area contributed by atoms with Crippen LogP contribution in [0.15, 0.2) is 18.2 Å². The van der Waals surface area contributed by atoms with Gasteiger partial charge in [0.1, 0.15) is 5.75 Å². The fraction of sp³-hybridized carbons (Fsp3) is 0.579. The highest BCUT2D eigenvalue weighted by molar-refractivity contribution is 5.97. The van der Waals surface area contributed by atoms with Gasteiger partial charge in [0.2, 0.25) is 5.91 Å². The average Bonchev–Trinajstić information content (AvgIpc) is 2.56. The number of rotatable bonds is 4. The van der Waals surface area contributed by atoms with Crippen LogP contribution in [0, 0.1) is 18.8 Å². The smallest absolute Gasteiger partial charge is 0.257 e. The molecule has 2 amide bonds. The molecule has 0 saturated carbocycles. The van der Waals surface area contributed by atoms with E-state index >= 15 is 0 Å². The van der Waals surface area contributed by atoms with Crippen LogP contribution in [0.25, 0.3) is 0 Å². The molecule has 0 radical (unpaired) electrons. The molecule has 5 heteroatoms. The third-order valence-corrected chi connectivity index (χ3v) is 4.91. The molecule has 1 saturated heterocycles. The summed E-state index contributed by atoms with van der Waals surface area (Å²) in [6.07, 6.45) is 1.32. The first-order valence-corrected chi connectivity index (χ1v) is 8.69. The summed E-state index contributed by atoms with van der Waals surface area (Å²) in [5.74, 6) is 0.296. The number of nitrogens with zero attached hydrogens (tertiary/aromatic N) is 1. The molecule has 1 aliphatic heterocycles. The number of hydrogen-bond donors (Lipinski definition) is 2. The van der Waals surface area contributed by atoms with Crippen LogP contribution in [-0.4, -0.2) is 41.0 Å². The van der Waals surface area contributed by atoms with Crippen molar-refractivity contribution in [3.8, 4) is 5.75 Å². The van der Waals surface area contributed by atoms with Gasteiger partial charge in [-0.1, -0.05) is 25.5 Å². The van der Waals surface area contributed by atoms with Gasteiger partial charge in [-0.25, -0.2) is 0 Å². The molecule has 132 valence electrons. The molecule has 0 unspecified atom stereocenters. The zero-order chi connectivity index (χ0) is 17.9. The number of phenolic OH excluding ortho intramolecular Hbond substituents is 1. The van der Waals surface area contributed by atoms with Gasteiger partial charge in [0, 0.05) is 25.0 Å². The summed E-state index contributed by atoms with van der Waals surface area (Å²) in [6, 6.07) is 5.19. The Morgan fingerprint density at radius 1 is 1.21 bits per heavy atom. The maximum absolute atomic E-state index is 12.6. The number of aromatic hydroxyl groups is 1. The van der Waals surface area contributed by atoms with Crippen molar-refractivity contribution in [1.82, 2.24) is 10.2 Å². The van der Waals surface area contributed by atoms with Crippen LogP contribution >= 0.6 is 0 Å². The molecular formula is C19H28N2O3. The first-order chi connectivity index (χ1) is 11.3. The number of piperidine rings is 1. The van der Waals surface area contributed by atoms with Crippen molar-refractivity contribution in [2.24, 2.45) is 11.8 Å². The molecular weight excluding hydrogens is 304 g/mol. The third-order valence-electron chi connectivity index (χ3n) is 4.91. The van der Waals surface area contributed by atoms with Crippen LogP contribution in [0.1, 0.15) is 49.5 Å². The predicted molar refractivity (Wildman–Crippen MR) is 93.9 cm³/mol. The normalized spacial score (nSPS) is 17.0. The summed E-state index contributed by atoms with van der Waals surface area (Å²) in [7, 11) is 0. The van der Waals surface area contributed by atoms with Gasteiger partial charge in [-0.05, 0) is 44.7 Å². The van der Waals surface area contributed by atoms with Crippen molar-refractivity contribution in [2.45, 2.75) is 46.6 Å². The second-order valence-electron chi connectivity index (χ2n) is 7.13. The largest absolute Gasteiger partial charge is 0.507 e. The van der Waals surface area contributed by atoms with Gasteiger partial charge in [0.05, 0.1) is 5.56 Å². The molecule has 1 aliphatic rings. The topological polar surface area (TPSA) is 69.6 Å². The lowest BCUT2D eigenvalue weighted by molar-refractivity contribution is -0.127. The Hall–Kier alpha value is -2.04. The minimum absolute atomic E-state index is 0.0104. The second-order valence-corrected chi connectivity index (χ2v) is 7.13. The van der Waals surface area contributed by atoms with Crippen LogP contribution in [0.2, 0.25) is 0 Å². The Morgan fingerprint density at radius 3 is 2.42 bits per heavy atom. The standard InChI is InChI=1S/C19H28N2O3/c1-12(2)14(4)20-18(23)15-7-9-21(10-8-15)19(24)16-11-13(3)5-6-17(16)22/h5-6,11-12,14-15,22H,7-10H2,1-4H3,(H,20,23)/t14-/m0/s1. The zero-order valence-electron chi connectivity index (χ0n) is 15.0. The molecule has 2 N–H and O–H groups in total. The minimum atomic E-state index is -0.161. The van der Waals surface area contributed by atoms with Gasteiger partial charge in [-0.15, -0.1) is 0 Å². The summed E-state index contributed by atoms with van der Waals surface area (Å²) < 4.78 is 0.